The number of ketones is 1. The second-order valence-corrected chi connectivity index (χ2v) is 7.48. The Morgan fingerprint density at radius 2 is 1.81 bits per heavy atom. The highest BCUT2D eigenvalue weighted by Gasteiger charge is 2.15. The lowest BCUT2D eigenvalue weighted by molar-refractivity contribution is -0.113. The summed E-state index contributed by atoms with van der Waals surface area (Å²) < 4.78 is 6.79. The Hall–Kier alpha value is -3.79. The third-order valence-electron chi connectivity index (χ3n) is 4.44. The molecule has 0 unspecified atom stereocenters. The van der Waals surface area contributed by atoms with Crippen molar-refractivity contribution >= 4 is 40.3 Å². The van der Waals surface area contributed by atoms with Crippen LogP contribution in [0.4, 0.5) is 5.69 Å². The van der Waals surface area contributed by atoms with Crippen LogP contribution in [0.15, 0.2) is 59.9 Å². The van der Waals surface area contributed by atoms with Gasteiger partial charge < -0.3 is 10.1 Å². The molecule has 2 heterocycles. The van der Waals surface area contributed by atoms with Crippen molar-refractivity contribution in [2.45, 2.75) is 11.9 Å². The van der Waals surface area contributed by atoms with Gasteiger partial charge in [0.05, 0.1) is 18.6 Å². The molecule has 4 rings (SSSR count). The van der Waals surface area contributed by atoms with Crippen LogP contribution < -0.4 is 10.1 Å². The van der Waals surface area contributed by atoms with E-state index in [1.807, 2.05) is 24.3 Å². The molecule has 0 aliphatic rings. The van der Waals surface area contributed by atoms with Crippen molar-refractivity contribution in [3.05, 3.63) is 60.4 Å². The minimum atomic E-state index is -0.199. The molecule has 2 aromatic heterocycles. The van der Waals surface area contributed by atoms with Crippen LogP contribution in [0, 0.1) is 0 Å². The minimum absolute atomic E-state index is 0.0242. The molecule has 0 radical (unpaired) electrons. The van der Waals surface area contributed by atoms with E-state index in [-0.39, 0.29) is 17.4 Å². The molecular formula is C21H18N6O3S. The van der Waals surface area contributed by atoms with Crippen LogP contribution in [0.5, 0.6) is 5.75 Å². The van der Waals surface area contributed by atoms with Crippen molar-refractivity contribution in [3.8, 4) is 11.4 Å². The zero-order chi connectivity index (χ0) is 21.8. The molecule has 31 heavy (non-hydrogen) atoms. The van der Waals surface area contributed by atoms with Crippen molar-refractivity contribution in [2.24, 2.45) is 0 Å². The van der Waals surface area contributed by atoms with Crippen LogP contribution in [0.2, 0.25) is 0 Å². The van der Waals surface area contributed by atoms with Crippen LogP contribution in [0.1, 0.15) is 17.3 Å². The highest BCUT2D eigenvalue weighted by atomic mass is 32.2. The summed E-state index contributed by atoms with van der Waals surface area (Å²) in [5, 5.41) is 11.7. The third kappa shape index (κ3) is 4.53. The van der Waals surface area contributed by atoms with E-state index >= 15 is 0 Å². The monoisotopic (exact) mass is 434 g/mol. The van der Waals surface area contributed by atoms with Crippen LogP contribution in [0.3, 0.4) is 0 Å². The van der Waals surface area contributed by atoms with Crippen molar-refractivity contribution < 1.29 is 14.3 Å². The Morgan fingerprint density at radius 3 is 2.48 bits per heavy atom. The minimum Gasteiger partial charge on any atom is -0.497 e. The molecule has 0 saturated carbocycles. The average Bonchev–Trinajstić information content (AvgIpc) is 3.23. The number of nitrogens with zero attached hydrogens (tertiary/aromatic N) is 5. The largest absolute Gasteiger partial charge is 0.497 e. The topological polar surface area (TPSA) is 112 Å². The number of carbonyl (C=O) groups excluding carboxylic acids is 2. The zero-order valence-electron chi connectivity index (χ0n) is 16.8. The number of fused-ring (bicyclic) bond motifs is 1. The number of benzene rings is 2. The Labute approximate surface area is 181 Å². The number of nitrogens with one attached hydrogen (secondary N) is 1. The number of ether oxygens (including phenoxy) is 1. The number of thioether (sulfide) groups is 1. The summed E-state index contributed by atoms with van der Waals surface area (Å²) in [4.78, 5) is 32.2. The molecule has 9 nitrogen and oxygen atoms in total. The van der Waals surface area contributed by atoms with Crippen molar-refractivity contribution in [1.29, 1.82) is 0 Å². The molecular weight excluding hydrogens is 416 g/mol. The normalized spacial score (nSPS) is 10.8. The van der Waals surface area contributed by atoms with Gasteiger partial charge in [0.1, 0.15) is 17.1 Å². The van der Waals surface area contributed by atoms with Gasteiger partial charge in [0.2, 0.25) is 5.91 Å². The van der Waals surface area contributed by atoms with E-state index in [4.69, 9.17) is 4.74 Å². The van der Waals surface area contributed by atoms with Gasteiger partial charge >= 0.3 is 0 Å². The molecule has 1 amide bonds. The lowest BCUT2D eigenvalue weighted by Gasteiger charge is -2.06. The Balaban J connectivity index is 1.46. The summed E-state index contributed by atoms with van der Waals surface area (Å²) in [6.07, 6.45) is 1.42. The summed E-state index contributed by atoms with van der Waals surface area (Å²) in [7, 11) is 1.61. The first-order valence-electron chi connectivity index (χ1n) is 9.29. The van der Waals surface area contributed by atoms with Gasteiger partial charge in [-0.2, -0.15) is 4.68 Å². The van der Waals surface area contributed by atoms with Gasteiger partial charge in [-0.1, -0.05) is 17.0 Å². The molecule has 0 aliphatic carbocycles. The SMILES string of the molecule is COc1ccc(-n2nnc3c(SCC(=O)Nc4ccc(C(C)=O)cc4)ncnc32)cc1. The van der Waals surface area contributed by atoms with E-state index in [2.05, 4.69) is 25.6 Å². The van der Waals surface area contributed by atoms with E-state index in [1.54, 1.807) is 36.1 Å². The first-order valence-corrected chi connectivity index (χ1v) is 10.3. The number of Topliss-reactive ketones (excluding diaryl/α,β-unsaturated/α-hetero) is 1. The van der Waals surface area contributed by atoms with Crippen molar-refractivity contribution in [3.63, 3.8) is 0 Å². The van der Waals surface area contributed by atoms with Gasteiger partial charge in [0, 0.05) is 11.3 Å². The fraction of sp³-hybridized carbons (Fsp3) is 0.143. The van der Waals surface area contributed by atoms with Gasteiger partial charge in [-0.15, -0.1) is 5.10 Å². The van der Waals surface area contributed by atoms with E-state index in [1.165, 1.54) is 25.0 Å². The molecule has 0 saturated heterocycles. The highest BCUT2D eigenvalue weighted by Crippen LogP contribution is 2.25. The van der Waals surface area contributed by atoms with Crippen LogP contribution >= 0.6 is 11.8 Å². The average molecular weight is 434 g/mol. The molecule has 0 bridgehead atoms. The quantitative estimate of drug-likeness (QED) is 0.268. The number of anilines is 1. The summed E-state index contributed by atoms with van der Waals surface area (Å²) in [5.74, 6) is 0.649. The lowest BCUT2D eigenvalue weighted by atomic mass is 10.1. The molecule has 0 aliphatic heterocycles. The smallest absolute Gasteiger partial charge is 0.234 e. The van der Waals surface area contributed by atoms with Crippen molar-refractivity contribution in [2.75, 3.05) is 18.2 Å². The van der Waals surface area contributed by atoms with Gasteiger partial charge in [0.25, 0.3) is 0 Å². The van der Waals surface area contributed by atoms with Gasteiger partial charge in [-0.25, -0.2) is 9.97 Å². The van der Waals surface area contributed by atoms with Crippen LogP contribution in [-0.4, -0.2) is 49.5 Å². The molecule has 2 aromatic carbocycles. The molecule has 156 valence electrons. The molecule has 0 atom stereocenters. The predicted octanol–water partition coefficient (Wildman–Crippen LogP) is 3.15. The first-order chi connectivity index (χ1) is 15.0. The summed E-state index contributed by atoms with van der Waals surface area (Å²) in [6.45, 7) is 1.50. The number of carbonyl (C=O) groups is 2. The van der Waals surface area contributed by atoms with E-state index in [0.29, 0.717) is 27.4 Å². The number of methoxy groups -OCH3 is 1. The number of rotatable bonds is 7. The summed E-state index contributed by atoms with van der Waals surface area (Å²) >= 11 is 1.25. The summed E-state index contributed by atoms with van der Waals surface area (Å²) in [6, 6.07) is 14.1. The van der Waals surface area contributed by atoms with E-state index in [0.717, 1.165) is 11.4 Å². The molecule has 10 heteroatoms. The Kier molecular flexibility index (Phi) is 5.89. The van der Waals surface area contributed by atoms with Crippen molar-refractivity contribution in [1.82, 2.24) is 25.0 Å². The van der Waals surface area contributed by atoms with E-state index in [9.17, 15) is 9.59 Å². The second-order valence-electron chi connectivity index (χ2n) is 6.52. The fourth-order valence-corrected chi connectivity index (χ4v) is 3.58. The van der Waals surface area contributed by atoms with Crippen LogP contribution in [-0.2, 0) is 4.79 Å². The van der Waals surface area contributed by atoms with Gasteiger partial charge in [0.15, 0.2) is 16.9 Å². The molecule has 0 spiro atoms. The Morgan fingerprint density at radius 1 is 1.06 bits per heavy atom. The van der Waals surface area contributed by atoms with E-state index < -0.39 is 0 Å². The van der Waals surface area contributed by atoms with Gasteiger partial charge in [-0.05, 0) is 55.5 Å². The maximum atomic E-state index is 12.3. The predicted molar refractivity (Wildman–Crippen MR) is 117 cm³/mol. The maximum absolute atomic E-state index is 12.3. The lowest BCUT2D eigenvalue weighted by Crippen LogP contribution is -2.14. The van der Waals surface area contributed by atoms with Crippen LogP contribution in [0.25, 0.3) is 16.9 Å². The maximum Gasteiger partial charge on any atom is 0.234 e. The third-order valence-corrected chi connectivity index (χ3v) is 5.42. The number of aromatic nitrogens is 5. The number of hydrogen-bond donors (Lipinski definition) is 1. The Bertz CT molecular complexity index is 1240. The molecule has 1 N–H and O–H groups in total. The standard InChI is InChI=1S/C21H18N6O3S/c1-13(28)14-3-5-15(6-4-14)24-18(29)11-31-21-19-20(22-12-23-21)27(26-25-19)16-7-9-17(30-2)10-8-16/h3-10,12H,11H2,1-2H3,(H,24,29). The fourth-order valence-electron chi connectivity index (χ4n) is 2.85. The highest BCUT2D eigenvalue weighted by molar-refractivity contribution is 8.00. The second kappa shape index (κ2) is 8.92. The first kappa shape index (κ1) is 20.5. The molecule has 4 aromatic rings. The summed E-state index contributed by atoms with van der Waals surface area (Å²) in [5.41, 5.74) is 3.05. The number of hydrogen-bond acceptors (Lipinski definition) is 8. The molecule has 0 fully saturated rings. The zero-order valence-corrected chi connectivity index (χ0v) is 17.6. The van der Waals surface area contributed by atoms with Gasteiger partial charge in [-0.3, -0.25) is 9.59 Å². The number of amides is 1.